The minimum absolute atomic E-state index is 0.0872. The van der Waals surface area contributed by atoms with Crippen LogP contribution < -0.4 is 5.32 Å². The van der Waals surface area contributed by atoms with Gasteiger partial charge in [0.05, 0.1) is 10.3 Å². The van der Waals surface area contributed by atoms with E-state index >= 15 is 0 Å². The molecule has 8 nitrogen and oxygen atoms in total. The summed E-state index contributed by atoms with van der Waals surface area (Å²) in [6.07, 6.45) is 2.99. The summed E-state index contributed by atoms with van der Waals surface area (Å²) in [5.74, 6) is -0.599. The monoisotopic (exact) mass is 296 g/mol. The van der Waals surface area contributed by atoms with Crippen LogP contribution in [0.4, 0.5) is 11.5 Å². The molecule has 1 aromatic rings. The van der Waals surface area contributed by atoms with Crippen LogP contribution in [-0.2, 0) is 11.8 Å². The first-order chi connectivity index (χ1) is 9.77. The van der Waals surface area contributed by atoms with E-state index < -0.39 is 16.3 Å². The van der Waals surface area contributed by atoms with Crippen LogP contribution >= 0.6 is 0 Å². The normalized spacial score (nSPS) is 25.6. The van der Waals surface area contributed by atoms with Crippen LogP contribution in [0.2, 0.25) is 0 Å². The lowest BCUT2D eigenvalue weighted by Gasteiger charge is -2.38. The predicted octanol–water partition coefficient (Wildman–Crippen LogP) is 2.08. The van der Waals surface area contributed by atoms with Crippen molar-refractivity contribution in [2.75, 3.05) is 5.32 Å². The van der Waals surface area contributed by atoms with E-state index in [1.54, 1.807) is 20.9 Å². The van der Waals surface area contributed by atoms with Crippen LogP contribution in [0, 0.1) is 22.5 Å². The molecule has 0 aromatic carbocycles. The lowest BCUT2D eigenvalue weighted by atomic mass is 9.71. The number of aromatic nitrogens is 2. The molecule has 116 valence electrons. The number of aryl methyl sites for hydroxylation is 2. The number of nitro groups is 1. The van der Waals surface area contributed by atoms with Gasteiger partial charge in [-0.15, -0.1) is 0 Å². The highest BCUT2D eigenvalue weighted by Crippen LogP contribution is 2.39. The maximum Gasteiger partial charge on any atom is 0.333 e. The second kappa shape index (κ2) is 5.34. The molecule has 1 heterocycles. The fourth-order valence-corrected chi connectivity index (χ4v) is 3.01. The van der Waals surface area contributed by atoms with Gasteiger partial charge in [-0.1, -0.05) is 12.8 Å². The molecule has 1 aliphatic rings. The molecule has 2 rings (SSSR count). The molecule has 1 fully saturated rings. The van der Waals surface area contributed by atoms with Crippen molar-refractivity contribution >= 4 is 17.5 Å². The second-order valence-electron chi connectivity index (χ2n) is 5.83. The van der Waals surface area contributed by atoms with Gasteiger partial charge >= 0.3 is 11.7 Å². The molecule has 2 atom stereocenters. The Hall–Kier alpha value is -2.12. The Morgan fingerprint density at radius 3 is 2.81 bits per heavy atom. The zero-order valence-electron chi connectivity index (χ0n) is 12.4. The highest BCUT2D eigenvalue weighted by molar-refractivity contribution is 5.76. The Morgan fingerprint density at radius 1 is 1.57 bits per heavy atom. The van der Waals surface area contributed by atoms with E-state index in [0.29, 0.717) is 18.5 Å². The Labute approximate surface area is 122 Å². The van der Waals surface area contributed by atoms with Crippen LogP contribution in [0.5, 0.6) is 0 Å². The Bertz CT molecular complexity index is 583. The molecule has 0 aliphatic heterocycles. The maximum atomic E-state index is 11.6. The second-order valence-corrected chi connectivity index (χ2v) is 5.83. The van der Waals surface area contributed by atoms with Crippen LogP contribution in [0.15, 0.2) is 0 Å². The zero-order chi connectivity index (χ0) is 15.8. The first-order valence-electron chi connectivity index (χ1n) is 6.95. The average molecular weight is 296 g/mol. The summed E-state index contributed by atoms with van der Waals surface area (Å²) in [5.41, 5.74) is -0.696. The largest absolute Gasteiger partial charge is 0.481 e. The van der Waals surface area contributed by atoms with Crippen molar-refractivity contribution in [2.24, 2.45) is 12.5 Å². The Balaban J connectivity index is 2.37. The molecule has 1 saturated carbocycles. The molecule has 0 saturated heterocycles. The predicted molar refractivity (Wildman–Crippen MR) is 76.2 cm³/mol. The zero-order valence-corrected chi connectivity index (χ0v) is 12.4. The van der Waals surface area contributed by atoms with E-state index in [-0.39, 0.29) is 17.5 Å². The highest BCUT2D eigenvalue weighted by Gasteiger charge is 2.44. The number of nitrogens with zero attached hydrogens (tertiary/aromatic N) is 3. The molecule has 1 aliphatic carbocycles. The van der Waals surface area contributed by atoms with Gasteiger partial charge in [0.2, 0.25) is 5.82 Å². The maximum absolute atomic E-state index is 11.6. The third kappa shape index (κ3) is 2.57. The number of carboxylic acid groups (broad SMARTS) is 1. The first-order valence-corrected chi connectivity index (χ1v) is 6.95. The van der Waals surface area contributed by atoms with Gasteiger partial charge < -0.3 is 10.4 Å². The number of anilines is 1. The van der Waals surface area contributed by atoms with Gasteiger partial charge in [0.1, 0.15) is 5.69 Å². The van der Waals surface area contributed by atoms with Crippen molar-refractivity contribution in [1.29, 1.82) is 0 Å². The van der Waals surface area contributed by atoms with Gasteiger partial charge in [0.15, 0.2) is 0 Å². The quantitative estimate of drug-likeness (QED) is 0.650. The topological polar surface area (TPSA) is 110 Å². The number of hydrogen-bond acceptors (Lipinski definition) is 5. The van der Waals surface area contributed by atoms with Gasteiger partial charge in [-0.25, -0.2) is 4.68 Å². The molecule has 1 aromatic heterocycles. The lowest BCUT2D eigenvalue weighted by Crippen LogP contribution is -2.47. The molecule has 0 bridgehead atoms. The smallest absolute Gasteiger partial charge is 0.333 e. The van der Waals surface area contributed by atoms with E-state index in [0.717, 1.165) is 12.8 Å². The summed E-state index contributed by atoms with van der Waals surface area (Å²) in [4.78, 5) is 22.3. The average Bonchev–Trinajstić information content (AvgIpc) is 2.66. The van der Waals surface area contributed by atoms with E-state index in [4.69, 9.17) is 0 Å². The van der Waals surface area contributed by atoms with Crippen molar-refractivity contribution in [1.82, 2.24) is 9.78 Å². The lowest BCUT2D eigenvalue weighted by molar-refractivity contribution is -0.384. The molecule has 0 spiro atoms. The van der Waals surface area contributed by atoms with E-state index in [2.05, 4.69) is 10.4 Å². The van der Waals surface area contributed by atoms with Crippen LogP contribution in [0.1, 0.15) is 38.3 Å². The van der Waals surface area contributed by atoms with Gasteiger partial charge in [-0.2, -0.15) is 5.10 Å². The number of carbonyl (C=O) groups is 1. The van der Waals surface area contributed by atoms with Gasteiger partial charge in [-0.05, 0) is 26.7 Å². The fourth-order valence-electron chi connectivity index (χ4n) is 3.01. The standard InChI is InChI=1S/C13H20N4O4/c1-8-10(17(20)21)11(16(3)15-8)14-9-6-4-5-7-13(9,2)12(18)19/h9,14H,4-7H2,1-3H3,(H,18,19). The van der Waals surface area contributed by atoms with E-state index in [9.17, 15) is 20.0 Å². The number of nitrogens with one attached hydrogen (secondary N) is 1. The van der Waals surface area contributed by atoms with Crippen molar-refractivity contribution in [3.05, 3.63) is 15.8 Å². The molecular formula is C13H20N4O4. The Kier molecular flexibility index (Phi) is 3.89. The van der Waals surface area contributed by atoms with Gasteiger partial charge in [0.25, 0.3) is 0 Å². The summed E-state index contributed by atoms with van der Waals surface area (Å²) < 4.78 is 1.41. The van der Waals surface area contributed by atoms with Gasteiger partial charge in [-0.3, -0.25) is 14.9 Å². The van der Waals surface area contributed by atoms with Crippen LogP contribution in [0.25, 0.3) is 0 Å². The third-order valence-corrected chi connectivity index (χ3v) is 4.38. The number of aliphatic carboxylic acids is 1. The van der Waals surface area contributed by atoms with Crippen LogP contribution in [-0.4, -0.2) is 31.8 Å². The minimum Gasteiger partial charge on any atom is -0.481 e. The highest BCUT2D eigenvalue weighted by atomic mass is 16.6. The summed E-state index contributed by atoms with van der Waals surface area (Å²) >= 11 is 0. The SMILES string of the molecule is Cc1nn(C)c(NC2CCCCC2(C)C(=O)O)c1[N+](=O)[O-]. The first kappa shape index (κ1) is 15.3. The Morgan fingerprint density at radius 2 is 2.24 bits per heavy atom. The fraction of sp³-hybridized carbons (Fsp3) is 0.692. The summed E-state index contributed by atoms with van der Waals surface area (Å²) in [6.45, 7) is 3.27. The van der Waals surface area contributed by atoms with Gasteiger partial charge in [0, 0.05) is 13.1 Å². The molecule has 21 heavy (non-hydrogen) atoms. The van der Waals surface area contributed by atoms with Crippen molar-refractivity contribution in [3.8, 4) is 0 Å². The third-order valence-electron chi connectivity index (χ3n) is 4.38. The number of hydrogen-bond donors (Lipinski definition) is 2. The molecular weight excluding hydrogens is 276 g/mol. The molecule has 2 unspecified atom stereocenters. The van der Waals surface area contributed by atoms with Crippen molar-refractivity contribution in [2.45, 2.75) is 45.6 Å². The molecule has 0 amide bonds. The summed E-state index contributed by atoms with van der Waals surface area (Å²) in [6, 6.07) is -0.350. The summed E-state index contributed by atoms with van der Waals surface area (Å²) in [5, 5.41) is 27.8. The summed E-state index contributed by atoms with van der Waals surface area (Å²) in [7, 11) is 1.61. The number of rotatable bonds is 4. The van der Waals surface area contributed by atoms with E-state index in [1.165, 1.54) is 4.68 Å². The number of carboxylic acids is 1. The molecule has 0 radical (unpaired) electrons. The molecule has 2 N–H and O–H groups in total. The van der Waals surface area contributed by atoms with E-state index in [1.807, 2.05) is 0 Å². The molecule has 8 heteroatoms. The van der Waals surface area contributed by atoms with Crippen LogP contribution in [0.3, 0.4) is 0 Å². The van der Waals surface area contributed by atoms with Crippen molar-refractivity contribution in [3.63, 3.8) is 0 Å². The minimum atomic E-state index is -0.926. The van der Waals surface area contributed by atoms with Crippen molar-refractivity contribution < 1.29 is 14.8 Å².